The zero-order chi connectivity index (χ0) is 16.8. The summed E-state index contributed by atoms with van der Waals surface area (Å²) >= 11 is 0. The van der Waals surface area contributed by atoms with E-state index in [1.165, 1.54) is 0 Å². The molecular formula is C18H28Cl2N4O2. The summed E-state index contributed by atoms with van der Waals surface area (Å²) in [4.78, 5) is 28.7. The lowest BCUT2D eigenvalue weighted by Gasteiger charge is -2.34. The molecule has 0 unspecified atom stereocenters. The summed E-state index contributed by atoms with van der Waals surface area (Å²) < 4.78 is 0. The van der Waals surface area contributed by atoms with Crippen molar-refractivity contribution >= 4 is 36.6 Å². The third kappa shape index (κ3) is 6.43. The van der Waals surface area contributed by atoms with E-state index < -0.39 is 0 Å². The molecule has 2 saturated heterocycles. The molecule has 0 aliphatic carbocycles. The Morgan fingerprint density at radius 1 is 1.00 bits per heavy atom. The van der Waals surface area contributed by atoms with Crippen LogP contribution >= 0.6 is 24.8 Å². The standard InChI is InChI=1S/C18H26N4O2.2ClH/c23-17(14-21-12-8-19-9-13-21)22-10-6-16(7-11-22)20-18(24)15-4-2-1-3-5-15;;/h1-5,16,19H,6-14H2,(H,20,24);2*1H. The van der Waals surface area contributed by atoms with Crippen LogP contribution in [0.25, 0.3) is 0 Å². The number of nitrogens with one attached hydrogen (secondary N) is 2. The Bertz CT molecular complexity index is 560. The van der Waals surface area contributed by atoms with E-state index in [1.807, 2.05) is 35.2 Å². The summed E-state index contributed by atoms with van der Waals surface area (Å²) in [6, 6.07) is 9.43. The van der Waals surface area contributed by atoms with Crippen LogP contribution in [0.2, 0.25) is 0 Å². The molecule has 2 amide bonds. The first-order valence-corrected chi connectivity index (χ1v) is 8.79. The Balaban J connectivity index is 0.00000169. The number of amides is 2. The molecule has 0 aromatic heterocycles. The Morgan fingerprint density at radius 3 is 2.23 bits per heavy atom. The highest BCUT2D eigenvalue weighted by Crippen LogP contribution is 2.12. The summed E-state index contributed by atoms with van der Waals surface area (Å²) in [6.45, 7) is 5.77. The van der Waals surface area contributed by atoms with Crippen LogP contribution in [0, 0.1) is 0 Å². The van der Waals surface area contributed by atoms with Crippen molar-refractivity contribution in [3.8, 4) is 0 Å². The van der Waals surface area contributed by atoms with E-state index in [-0.39, 0.29) is 42.7 Å². The molecule has 1 aromatic carbocycles. The lowest BCUT2D eigenvalue weighted by Crippen LogP contribution is -2.51. The SMILES string of the molecule is Cl.Cl.O=C(NC1CCN(C(=O)CN2CCNCC2)CC1)c1ccccc1. The zero-order valence-corrected chi connectivity index (χ0v) is 16.5. The predicted octanol–water partition coefficient (Wildman–Crippen LogP) is 1.16. The fourth-order valence-electron chi connectivity index (χ4n) is 3.29. The van der Waals surface area contributed by atoms with Crippen LogP contribution in [0.4, 0.5) is 0 Å². The van der Waals surface area contributed by atoms with Gasteiger partial charge in [-0.25, -0.2) is 0 Å². The van der Waals surface area contributed by atoms with Gasteiger partial charge in [0.2, 0.25) is 5.91 Å². The van der Waals surface area contributed by atoms with Crippen molar-refractivity contribution < 1.29 is 9.59 Å². The first kappa shape index (κ1) is 22.7. The minimum atomic E-state index is -0.0267. The van der Waals surface area contributed by atoms with Crippen LogP contribution in [-0.2, 0) is 4.79 Å². The molecule has 3 rings (SSSR count). The van der Waals surface area contributed by atoms with Crippen molar-refractivity contribution in [1.29, 1.82) is 0 Å². The van der Waals surface area contributed by atoms with Gasteiger partial charge < -0.3 is 15.5 Å². The lowest BCUT2D eigenvalue weighted by molar-refractivity contribution is -0.133. The molecule has 0 bridgehead atoms. The van der Waals surface area contributed by atoms with Crippen molar-refractivity contribution in [3.05, 3.63) is 35.9 Å². The van der Waals surface area contributed by atoms with Gasteiger partial charge in [0.05, 0.1) is 6.54 Å². The number of hydrogen-bond donors (Lipinski definition) is 2. The molecule has 2 heterocycles. The van der Waals surface area contributed by atoms with Gasteiger partial charge in [-0.3, -0.25) is 14.5 Å². The van der Waals surface area contributed by atoms with Crippen LogP contribution in [0.15, 0.2) is 30.3 Å². The molecule has 2 aliphatic rings. The van der Waals surface area contributed by atoms with E-state index in [0.29, 0.717) is 12.1 Å². The van der Waals surface area contributed by atoms with Crippen molar-refractivity contribution in [2.24, 2.45) is 0 Å². The van der Waals surface area contributed by atoms with Crippen molar-refractivity contribution in [2.75, 3.05) is 45.8 Å². The second-order valence-corrected chi connectivity index (χ2v) is 6.52. The first-order chi connectivity index (χ1) is 11.7. The molecule has 0 atom stereocenters. The van der Waals surface area contributed by atoms with E-state index in [9.17, 15) is 9.59 Å². The van der Waals surface area contributed by atoms with Crippen molar-refractivity contribution in [3.63, 3.8) is 0 Å². The molecule has 26 heavy (non-hydrogen) atoms. The molecule has 2 aliphatic heterocycles. The number of benzene rings is 1. The highest BCUT2D eigenvalue weighted by atomic mass is 35.5. The highest BCUT2D eigenvalue weighted by Gasteiger charge is 2.25. The largest absolute Gasteiger partial charge is 0.349 e. The number of likely N-dealkylation sites (tertiary alicyclic amines) is 1. The molecule has 6 nitrogen and oxygen atoms in total. The number of rotatable bonds is 4. The van der Waals surface area contributed by atoms with Gasteiger partial charge in [0.1, 0.15) is 0 Å². The molecule has 0 radical (unpaired) electrons. The fourth-order valence-corrected chi connectivity index (χ4v) is 3.29. The zero-order valence-electron chi connectivity index (χ0n) is 14.9. The molecule has 2 fully saturated rings. The van der Waals surface area contributed by atoms with E-state index in [1.54, 1.807) is 0 Å². The summed E-state index contributed by atoms with van der Waals surface area (Å²) in [7, 11) is 0. The topological polar surface area (TPSA) is 64.7 Å². The second kappa shape index (κ2) is 11.4. The number of halogens is 2. The fraction of sp³-hybridized carbons (Fsp3) is 0.556. The molecular weight excluding hydrogens is 375 g/mol. The van der Waals surface area contributed by atoms with E-state index in [0.717, 1.165) is 52.1 Å². The molecule has 0 spiro atoms. The van der Waals surface area contributed by atoms with Gasteiger partial charge in [0.15, 0.2) is 0 Å². The van der Waals surface area contributed by atoms with Crippen LogP contribution in [-0.4, -0.2) is 73.5 Å². The first-order valence-electron chi connectivity index (χ1n) is 8.79. The van der Waals surface area contributed by atoms with Gasteiger partial charge in [-0.2, -0.15) is 0 Å². The lowest BCUT2D eigenvalue weighted by atomic mass is 10.0. The van der Waals surface area contributed by atoms with Gasteiger partial charge in [-0.15, -0.1) is 24.8 Å². The third-order valence-electron chi connectivity index (χ3n) is 4.79. The summed E-state index contributed by atoms with van der Waals surface area (Å²) in [5, 5.41) is 6.38. The number of piperazine rings is 1. The Morgan fingerprint density at radius 2 is 1.62 bits per heavy atom. The molecule has 0 saturated carbocycles. The molecule has 146 valence electrons. The van der Waals surface area contributed by atoms with Crippen LogP contribution in [0.5, 0.6) is 0 Å². The van der Waals surface area contributed by atoms with Crippen molar-refractivity contribution in [2.45, 2.75) is 18.9 Å². The third-order valence-corrected chi connectivity index (χ3v) is 4.79. The van der Waals surface area contributed by atoms with E-state index >= 15 is 0 Å². The maximum absolute atomic E-state index is 12.4. The second-order valence-electron chi connectivity index (χ2n) is 6.52. The number of hydrogen-bond acceptors (Lipinski definition) is 4. The number of carbonyl (C=O) groups excluding carboxylic acids is 2. The van der Waals surface area contributed by atoms with Gasteiger partial charge in [0.25, 0.3) is 5.91 Å². The van der Waals surface area contributed by atoms with Crippen LogP contribution in [0.3, 0.4) is 0 Å². The predicted molar refractivity (Wildman–Crippen MR) is 107 cm³/mol. The maximum atomic E-state index is 12.4. The van der Waals surface area contributed by atoms with Gasteiger partial charge in [0, 0.05) is 50.9 Å². The average Bonchev–Trinajstić information content (AvgIpc) is 2.64. The minimum Gasteiger partial charge on any atom is -0.349 e. The number of carbonyl (C=O) groups is 2. The smallest absolute Gasteiger partial charge is 0.251 e. The molecule has 8 heteroatoms. The Hall–Kier alpha value is -1.34. The summed E-state index contributed by atoms with van der Waals surface area (Å²) in [6.07, 6.45) is 1.65. The monoisotopic (exact) mass is 402 g/mol. The quantitative estimate of drug-likeness (QED) is 0.792. The molecule has 2 N–H and O–H groups in total. The van der Waals surface area contributed by atoms with Gasteiger partial charge in [-0.1, -0.05) is 18.2 Å². The summed E-state index contributed by atoms with van der Waals surface area (Å²) in [5.41, 5.74) is 0.690. The Labute approximate surface area is 167 Å². The van der Waals surface area contributed by atoms with E-state index in [2.05, 4.69) is 15.5 Å². The average molecular weight is 403 g/mol. The van der Waals surface area contributed by atoms with Crippen LogP contribution in [0.1, 0.15) is 23.2 Å². The Kier molecular flexibility index (Phi) is 9.94. The molecule has 1 aromatic rings. The van der Waals surface area contributed by atoms with E-state index in [4.69, 9.17) is 0 Å². The number of nitrogens with zero attached hydrogens (tertiary/aromatic N) is 2. The minimum absolute atomic E-state index is 0. The maximum Gasteiger partial charge on any atom is 0.251 e. The summed E-state index contributed by atoms with van der Waals surface area (Å²) in [5.74, 6) is 0.186. The van der Waals surface area contributed by atoms with Crippen LogP contribution < -0.4 is 10.6 Å². The number of piperidine rings is 1. The van der Waals surface area contributed by atoms with Gasteiger partial charge in [-0.05, 0) is 25.0 Å². The normalized spacial score (nSPS) is 18.4. The highest BCUT2D eigenvalue weighted by molar-refractivity contribution is 5.94. The van der Waals surface area contributed by atoms with Crippen molar-refractivity contribution in [1.82, 2.24) is 20.4 Å². The van der Waals surface area contributed by atoms with Gasteiger partial charge >= 0.3 is 0 Å².